The van der Waals surface area contributed by atoms with E-state index in [9.17, 15) is 4.79 Å². The van der Waals surface area contributed by atoms with Crippen LogP contribution in [0.2, 0.25) is 5.02 Å². The van der Waals surface area contributed by atoms with Gasteiger partial charge in [0.25, 0.3) is 5.56 Å². The molecule has 0 spiro atoms. The molecule has 6 aromatic rings. The Balaban J connectivity index is 0.000000176. The van der Waals surface area contributed by atoms with Crippen LogP contribution < -0.4 is 15.0 Å². The predicted octanol–water partition coefficient (Wildman–Crippen LogP) is 9.29. The molecule has 43 heavy (non-hydrogen) atoms. The third-order valence-corrected chi connectivity index (χ3v) is 6.70. The summed E-state index contributed by atoms with van der Waals surface area (Å²) in [6.07, 6.45) is 1.83. The molecule has 0 aliphatic rings. The van der Waals surface area contributed by atoms with E-state index >= 15 is 0 Å². The molecule has 0 fully saturated rings. The van der Waals surface area contributed by atoms with E-state index in [4.69, 9.17) is 21.1 Å². The first kappa shape index (κ1) is 30.1. The number of pyridine rings is 1. The molecular formula is C36H36ClN3O3. The van der Waals surface area contributed by atoms with Gasteiger partial charge in [0.15, 0.2) is 0 Å². The van der Waals surface area contributed by atoms with Gasteiger partial charge in [-0.3, -0.25) is 9.78 Å². The third-order valence-electron chi connectivity index (χ3n) is 6.47. The molecule has 0 aliphatic heterocycles. The van der Waals surface area contributed by atoms with E-state index in [-0.39, 0.29) is 16.8 Å². The Morgan fingerprint density at radius 1 is 0.767 bits per heavy atom. The Morgan fingerprint density at radius 2 is 1.47 bits per heavy atom. The van der Waals surface area contributed by atoms with Gasteiger partial charge in [-0.2, -0.15) is 0 Å². The first-order valence-electron chi connectivity index (χ1n) is 14.2. The maximum absolute atomic E-state index is 12.4. The molecule has 7 heteroatoms. The number of ether oxygens (including phenoxy) is 2. The number of aromatic nitrogens is 3. The summed E-state index contributed by atoms with van der Waals surface area (Å²) in [5.74, 6) is 1.97. The monoisotopic (exact) mass is 593 g/mol. The van der Waals surface area contributed by atoms with Crippen molar-refractivity contribution in [2.24, 2.45) is 0 Å². The summed E-state index contributed by atoms with van der Waals surface area (Å²) < 4.78 is 12.1. The summed E-state index contributed by atoms with van der Waals surface area (Å²) >= 11 is 6.14. The summed E-state index contributed by atoms with van der Waals surface area (Å²) in [5, 5.41) is 4.51. The van der Waals surface area contributed by atoms with Crippen molar-refractivity contribution in [3.05, 3.63) is 106 Å². The van der Waals surface area contributed by atoms with Crippen molar-refractivity contribution in [1.82, 2.24) is 15.0 Å². The van der Waals surface area contributed by atoms with Crippen LogP contribution in [0.5, 0.6) is 11.5 Å². The van der Waals surface area contributed by atoms with E-state index in [1.54, 1.807) is 18.2 Å². The molecule has 0 atom stereocenters. The van der Waals surface area contributed by atoms with E-state index in [0.717, 1.165) is 33.0 Å². The molecule has 6 nitrogen and oxygen atoms in total. The molecule has 2 heterocycles. The largest absolute Gasteiger partial charge is 0.487 e. The van der Waals surface area contributed by atoms with Crippen LogP contribution in [0.25, 0.3) is 44.0 Å². The molecule has 0 aliphatic carbocycles. The second-order valence-corrected chi connectivity index (χ2v) is 12.9. The Morgan fingerprint density at radius 3 is 2.21 bits per heavy atom. The molecular weight excluding hydrogens is 558 g/mol. The average Bonchev–Trinajstić information content (AvgIpc) is 2.93. The lowest BCUT2D eigenvalue weighted by molar-refractivity contribution is 0.131. The van der Waals surface area contributed by atoms with Gasteiger partial charge in [0.1, 0.15) is 28.5 Å². The number of nitrogens with zero attached hydrogens (tertiary/aromatic N) is 2. The molecule has 2 aromatic heterocycles. The van der Waals surface area contributed by atoms with Crippen LogP contribution in [0, 0.1) is 6.92 Å². The van der Waals surface area contributed by atoms with Crippen LogP contribution in [-0.2, 0) is 0 Å². The van der Waals surface area contributed by atoms with Gasteiger partial charge in [-0.25, -0.2) is 4.98 Å². The van der Waals surface area contributed by atoms with Crippen molar-refractivity contribution in [2.45, 2.75) is 59.7 Å². The fourth-order valence-electron chi connectivity index (χ4n) is 4.78. The lowest BCUT2D eigenvalue weighted by Crippen LogP contribution is -2.23. The molecule has 0 saturated carbocycles. The van der Waals surface area contributed by atoms with Gasteiger partial charge in [0.2, 0.25) is 0 Å². The zero-order valence-corrected chi connectivity index (χ0v) is 26.3. The highest BCUT2D eigenvalue weighted by molar-refractivity contribution is 6.31. The molecule has 0 radical (unpaired) electrons. The number of hydrogen-bond donors (Lipinski definition) is 1. The number of rotatable bonds is 3. The molecule has 1 N–H and O–H groups in total. The molecule has 4 aromatic carbocycles. The third kappa shape index (κ3) is 7.15. The minimum Gasteiger partial charge on any atom is -0.487 e. The summed E-state index contributed by atoms with van der Waals surface area (Å²) in [6.45, 7) is 14.0. The van der Waals surface area contributed by atoms with Crippen LogP contribution in [-0.4, -0.2) is 26.2 Å². The zero-order chi connectivity index (χ0) is 30.9. The maximum Gasteiger partial charge on any atom is 0.259 e. The molecule has 6 rings (SSSR count). The molecule has 0 bridgehead atoms. The van der Waals surface area contributed by atoms with E-state index in [0.29, 0.717) is 33.1 Å². The summed E-state index contributed by atoms with van der Waals surface area (Å²) in [6, 6.07) is 25.3. The standard InChI is InChI=1S/C19H19ClN2O2.C17H17NO/c1-11-5-7-15-13(9-11)18(23)22-17(21-15)14-10-12(20)6-8-16(14)24-19(2,3)4;1-17(2,3)19-14-8-4-6-12-9-10-13-7-5-11-18-16(13)15(12)14/h5-10H,1-4H3,(H,21,22,23);4-11H,1-3H3. The van der Waals surface area contributed by atoms with Crippen molar-refractivity contribution in [1.29, 1.82) is 0 Å². The molecule has 0 unspecified atom stereocenters. The Hall–Kier alpha value is -4.42. The number of benzene rings is 4. The fourth-order valence-corrected chi connectivity index (χ4v) is 4.95. The van der Waals surface area contributed by atoms with E-state index in [1.807, 2.05) is 70.3 Å². The fraction of sp³-hybridized carbons (Fsp3) is 0.250. The topological polar surface area (TPSA) is 77.1 Å². The van der Waals surface area contributed by atoms with Crippen LogP contribution in [0.3, 0.4) is 0 Å². The number of aryl methyl sites for hydroxylation is 1. The zero-order valence-electron chi connectivity index (χ0n) is 25.6. The first-order chi connectivity index (χ1) is 20.3. The summed E-state index contributed by atoms with van der Waals surface area (Å²) in [7, 11) is 0. The number of halogens is 1. The SMILES string of the molecule is CC(C)(C)Oc1cccc2ccc3cccnc3c12.Cc1ccc2nc(-c3cc(Cl)ccc3OC(C)(C)C)[nH]c(=O)c2c1. The van der Waals surface area contributed by atoms with Crippen LogP contribution >= 0.6 is 11.6 Å². The Bertz CT molecular complexity index is 2000. The maximum atomic E-state index is 12.4. The molecule has 0 saturated heterocycles. The molecule has 0 amide bonds. The Kier molecular flexibility index (Phi) is 8.17. The average molecular weight is 594 g/mol. The van der Waals surface area contributed by atoms with Gasteiger partial charge >= 0.3 is 0 Å². The van der Waals surface area contributed by atoms with E-state index in [2.05, 4.69) is 60.0 Å². The first-order valence-corrected chi connectivity index (χ1v) is 14.6. The van der Waals surface area contributed by atoms with Gasteiger partial charge in [-0.05, 0) is 96.3 Å². The quantitative estimate of drug-likeness (QED) is 0.207. The normalized spacial score (nSPS) is 11.8. The minimum absolute atomic E-state index is 0.180. The van der Waals surface area contributed by atoms with Crippen LogP contribution in [0.4, 0.5) is 0 Å². The van der Waals surface area contributed by atoms with Crippen molar-refractivity contribution in [3.8, 4) is 22.9 Å². The van der Waals surface area contributed by atoms with Gasteiger partial charge in [-0.15, -0.1) is 0 Å². The molecule has 220 valence electrons. The predicted molar refractivity (Wildman–Crippen MR) is 178 cm³/mol. The second kappa shape index (κ2) is 11.7. The number of hydrogen-bond acceptors (Lipinski definition) is 5. The van der Waals surface area contributed by atoms with Crippen molar-refractivity contribution >= 4 is 44.2 Å². The highest BCUT2D eigenvalue weighted by Crippen LogP contribution is 2.34. The second-order valence-electron chi connectivity index (χ2n) is 12.5. The summed E-state index contributed by atoms with van der Waals surface area (Å²) in [5.41, 5.74) is 2.54. The highest BCUT2D eigenvalue weighted by atomic mass is 35.5. The van der Waals surface area contributed by atoms with Crippen molar-refractivity contribution in [2.75, 3.05) is 0 Å². The Labute approximate surface area is 256 Å². The number of H-pyrrole nitrogens is 1. The number of nitrogens with one attached hydrogen (secondary N) is 1. The van der Waals surface area contributed by atoms with Gasteiger partial charge < -0.3 is 14.5 Å². The van der Waals surface area contributed by atoms with Gasteiger partial charge in [0.05, 0.1) is 27.4 Å². The highest BCUT2D eigenvalue weighted by Gasteiger charge is 2.18. The number of aromatic amines is 1. The lowest BCUT2D eigenvalue weighted by atomic mass is 10.0. The van der Waals surface area contributed by atoms with Gasteiger partial charge in [-0.1, -0.05) is 53.6 Å². The van der Waals surface area contributed by atoms with Crippen molar-refractivity contribution < 1.29 is 9.47 Å². The van der Waals surface area contributed by atoms with Crippen molar-refractivity contribution in [3.63, 3.8) is 0 Å². The van der Waals surface area contributed by atoms with Crippen LogP contribution in [0.15, 0.2) is 89.9 Å². The van der Waals surface area contributed by atoms with Crippen LogP contribution in [0.1, 0.15) is 47.1 Å². The summed E-state index contributed by atoms with van der Waals surface area (Å²) in [4.78, 5) is 24.4. The lowest BCUT2D eigenvalue weighted by Gasteiger charge is -2.23. The smallest absolute Gasteiger partial charge is 0.259 e. The van der Waals surface area contributed by atoms with E-state index in [1.165, 1.54) is 0 Å². The minimum atomic E-state index is -0.378. The van der Waals surface area contributed by atoms with E-state index < -0.39 is 0 Å². The van der Waals surface area contributed by atoms with Gasteiger partial charge in [0, 0.05) is 16.6 Å². The number of fused-ring (bicyclic) bond motifs is 4.